The molecule has 0 radical (unpaired) electrons. The lowest BCUT2D eigenvalue weighted by atomic mass is 9.85. The molecular formula is C22H26N6OS. The Balaban J connectivity index is 1.36. The number of imidazole rings is 1. The van der Waals surface area contributed by atoms with Crippen molar-refractivity contribution in [2.45, 2.75) is 38.3 Å². The van der Waals surface area contributed by atoms with E-state index in [1.807, 2.05) is 25.6 Å². The molecule has 4 aromatic rings. The molecule has 156 valence electrons. The minimum absolute atomic E-state index is 0.245. The molecule has 1 saturated carbocycles. The predicted molar refractivity (Wildman–Crippen MR) is 122 cm³/mol. The average Bonchev–Trinajstić information content (AvgIpc) is 3.36. The molecule has 0 unspecified atom stereocenters. The Morgan fingerprint density at radius 2 is 2.07 bits per heavy atom. The highest BCUT2D eigenvalue weighted by atomic mass is 32.1. The molecule has 0 aliphatic heterocycles. The monoisotopic (exact) mass is 422 g/mol. The van der Waals surface area contributed by atoms with Crippen molar-refractivity contribution < 1.29 is 5.11 Å². The minimum Gasteiger partial charge on any atom is -0.396 e. The molecule has 3 N–H and O–H groups in total. The lowest BCUT2D eigenvalue weighted by Crippen LogP contribution is -2.34. The number of rotatable bonds is 6. The molecule has 1 aromatic carbocycles. The first-order valence-electron chi connectivity index (χ1n) is 10.5. The number of nitrogens with zero attached hydrogens (tertiary/aromatic N) is 4. The number of aliphatic hydroxyl groups is 1. The summed E-state index contributed by atoms with van der Waals surface area (Å²) in [5, 5.41) is 17.3. The van der Waals surface area contributed by atoms with Gasteiger partial charge in [-0.1, -0.05) is 30.2 Å². The van der Waals surface area contributed by atoms with Crippen LogP contribution in [0, 0.1) is 5.92 Å². The van der Waals surface area contributed by atoms with Crippen LogP contribution in [-0.4, -0.2) is 44.3 Å². The molecule has 0 bridgehead atoms. The van der Waals surface area contributed by atoms with E-state index in [-0.39, 0.29) is 6.61 Å². The number of benzene rings is 1. The molecule has 1 aliphatic carbocycles. The van der Waals surface area contributed by atoms with E-state index in [2.05, 4.69) is 43.4 Å². The fourth-order valence-electron chi connectivity index (χ4n) is 4.30. The topological polar surface area (TPSA) is 87.9 Å². The normalized spacial score (nSPS) is 19.4. The van der Waals surface area contributed by atoms with Gasteiger partial charge in [-0.15, -0.1) is 0 Å². The Morgan fingerprint density at radius 3 is 2.93 bits per heavy atom. The van der Waals surface area contributed by atoms with E-state index in [1.165, 1.54) is 23.1 Å². The summed E-state index contributed by atoms with van der Waals surface area (Å²) in [5.41, 5.74) is 4.93. The molecule has 7 nitrogen and oxygen atoms in total. The first kappa shape index (κ1) is 19.3. The van der Waals surface area contributed by atoms with Gasteiger partial charge < -0.3 is 20.3 Å². The third-order valence-corrected chi connectivity index (χ3v) is 6.95. The molecule has 0 saturated heterocycles. The van der Waals surface area contributed by atoms with Crippen LogP contribution >= 0.6 is 11.3 Å². The molecule has 0 spiro atoms. The Kier molecular flexibility index (Phi) is 5.26. The van der Waals surface area contributed by atoms with Gasteiger partial charge in [0, 0.05) is 25.6 Å². The first-order chi connectivity index (χ1) is 14.7. The van der Waals surface area contributed by atoms with Gasteiger partial charge in [0.05, 0.1) is 35.0 Å². The lowest BCUT2D eigenvalue weighted by molar-refractivity contribution is 0.178. The van der Waals surface area contributed by atoms with Gasteiger partial charge >= 0.3 is 0 Å². The average molecular weight is 423 g/mol. The van der Waals surface area contributed by atoms with Crippen LogP contribution < -0.4 is 10.6 Å². The number of anilines is 2. The molecule has 0 amide bonds. The zero-order valence-corrected chi connectivity index (χ0v) is 17.8. The van der Waals surface area contributed by atoms with Crippen LogP contribution in [0.2, 0.25) is 0 Å². The van der Waals surface area contributed by atoms with E-state index >= 15 is 0 Å². The quantitative estimate of drug-likeness (QED) is 0.434. The van der Waals surface area contributed by atoms with Crippen molar-refractivity contribution in [1.82, 2.24) is 19.5 Å². The second-order valence-electron chi connectivity index (χ2n) is 7.99. The van der Waals surface area contributed by atoms with E-state index < -0.39 is 0 Å². The number of nitrogens with one attached hydrogen (secondary N) is 2. The second-order valence-corrected chi connectivity index (χ2v) is 9.02. The summed E-state index contributed by atoms with van der Waals surface area (Å²) in [7, 11) is 1.88. The van der Waals surface area contributed by atoms with Gasteiger partial charge in [0.15, 0.2) is 10.8 Å². The Labute approximate surface area is 179 Å². The molecule has 5 rings (SSSR count). The molecule has 1 aliphatic rings. The van der Waals surface area contributed by atoms with Crippen LogP contribution in [0.1, 0.15) is 31.2 Å². The smallest absolute Gasteiger partial charge is 0.184 e. The zero-order chi connectivity index (χ0) is 20.5. The van der Waals surface area contributed by atoms with Crippen LogP contribution in [0.3, 0.4) is 0 Å². The summed E-state index contributed by atoms with van der Waals surface area (Å²) in [5.74, 6) is 0.326. The summed E-state index contributed by atoms with van der Waals surface area (Å²) >= 11 is 1.69. The van der Waals surface area contributed by atoms with Gasteiger partial charge in [0.25, 0.3) is 0 Å². The highest BCUT2D eigenvalue weighted by molar-refractivity contribution is 7.22. The van der Waals surface area contributed by atoms with Crippen molar-refractivity contribution in [2.75, 3.05) is 24.3 Å². The van der Waals surface area contributed by atoms with Crippen molar-refractivity contribution >= 4 is 43.5 Å². The van der Waals surface area contributed by atoms with E-state index in [9.17, 15) is 5.11 Å². The Morgan fingerprint density at radius 1 is 1.17 bits per heavy atom. The highest BCUT2D eigenvalue weighted by Gasteiger charge is 2.25. The van der Waals surface area contributed by atoms with E-state index in [0.717, 1.165) is 40.3 Å². The van der Waals surface area contributed by atoms with Gasteiger partial charge in [0.2, 0.25) is 0 Å². The molecule has 3 heterocycles. The molecule has 8 heteroatoms. The summed E-state index contributed by atoms with van der Waals surface area (Å²) in [6.07, 6.45) is 8.29. The number of thiazole rings is 1. The van der Waals surface area contributed by atoms with Crippen LogP contribution in [0.25, 0.3) is 21.4 Å². The standard InChI is InChI=1S/C22H26N6OS/c1-23-16-9-19-21(24-10-16)28(13-25-19)11-14-6-7-18-20(8-14)30-22(27-18)26-17-5-3-2-4-15(17)12-29/h6-10,13,15,17,23,29H,2-5,11-12H2,1H3,(H,26,27)/t15-,17+/m0/s1. The van der Waals surface area contributed by atoms with Crippen LogP contribution in [0.4, 0.5) is 10.8 Å². The van der Waals surface area contributed by atoms with Crippen molar-refractivity contribution in [3.05, 3.63) is 42.4 Å². The van der Waals surface area contributed by atoms with E-state index in [1.54, 1.807) is 11.3 Å². The molecule has 3 aromatic heterocycles. The van der Waals surface area contributed by atoms with Crippen molar-refractivity contribution in [1.29, 1.82) is 0 Å². The number of pyridine rings is 1. The maximum atomic E-state index is 9.67. The number of hydrogen-bond donors (Lipinski definition) is 3. The minimum atomic E-state index is 0.245. The van der Waals surface area contributed by atoms with Crippen molar-refractivity contribution in [3.8, 4) is 0 Å². The second kappa shape index (κ2) is 8.20. The van der Waals surface area contributed by atoms with Crippen molar-refractivity contribution in [3.63, 3.8) is 0 Å². The van der Waals surface area contributed by atoms with Gasteiger partial charge in [-0.25, -0.2) is 15.0 Å². The number of hydrogen-bond acceptors (Lipinski definition) is 7. The highest BCUT2D eigenvalue weighted by Crippen LogP contribution is 2.32. The Bertz CT molecular complexity index is 1170. The van der Waals surface area contributed by atoms with E-state index in [4.69, 9.17) is 4.98 Å². The van der Waals surface area contributed by atoms with Crippen molar-refractivity contribution in [2.24, 2.45) is 5.92 Å². The molecule has 2 atom stereocenters. The van der Waals surface area contributed by atoms with E-state index in [0.29, 0.717) is 18.5 Å². The van der Waals surface area contributed by atoms with Gasteiger partial charge in [-0.2, -0.15) is 0 Å². The summed E-state index contributed by atoms with van der Waals surface area (Å²) < 4.78 is 3.24. The van der Waals surface area contributed by atoms with Crippen LogP contribution in [-0.2, 0) is 6.54 Å². The SMILES string of the molecule is CNc1cnc2c(c1)ncn2Cc1ccc2nc(N[C@@H]3CCCC[C@H]3CO)sc2c1. The summed E-state index contributed by atoms with van der Waals surface area (Å²) in [6.45, 7) is 0.962. The van der Waals surface area contributed by atoms with Gasteiger partial charge in [-0.05, 0) is 36.6 Å². The largest absolute Gasteiger partial charge is 0.396 e. The predicted octanol–water partition coefficient (Wildman–Crippen LogP) is 4.09. The Hall–Kier alpha value is -2.71. The molecule has 1 fully saturated rings. The van der Waals surface area contributed by atoms with Gasteiger partial charge in [-0.3, -0.25) is 0 Å². The summed E-state index contributed by atoms with van der Waals surface area (Å²) in [6, 6.07) is 8.73. The molecular weight excluding hydrogens is 396 g/mol. The maximum Gasteiger partial charge on any atom is 0.184 e. The van der Waals surface area contributed by atoms with Crippen LogP contribution in [0.5, 0.6) is 0 Å². The lowest BCUT2D eigenvalue weighted by Gasteiger charge is -2.30. The van der Waals surface area contributed by atoms with Crippen LogP contribution in [0.15, 0.2) is 36.8 Å². The van der Waals surface area contributed by atoms with Gasteiger partial charge in [0.1, 0.15) is 5.52 Å². The fourth-order valence-corrected chi connectivity index (χ4v) is 5.29. The first-order valence-corrected chi connectivity index (χ1v) is 11.3. The maximum absolute atomic E-state index is 9.67. The summed E-state index contributed by atoms with van der Waals surface area (Å²) in [4.78, 5) is 13.8. The third kappa shape index (κ3) is 3.73. The zero-order valence-electron chi connectivity index (χ0n) is 17.0. The number of aromatic nitrogens is 4. The number of aliphatic hydroxyl groups excluding tert-OH is 1. The fraction of sp³-hybridized carbons (Fsp3) is 0.409. The third-order valence-electron chi connectivity index (χ3n) is 6.00. The molecule has 30 heavy (non-hydrogen) atoms. The number of fused-ring (bicyclic) bond motifs is 2.